The number of aromatic amines is 1. The highest BCUT2D eigenvalue weighted by atomic mass is 32.2. The summed E-state index contributed by atoms with van der Waals surface area (Å²) >= 11 is 1.25. The molecule has 0 bridgehead atoms. The summed E-state index contributed by atoms with van der Waals surface area (Å²) in [5.41, 5.74) is 3.65. The number of rotatable bonds is 4. The first-order valence-corrected chi connectivity index (χ1v) is 9.07. The van der Waals surface area contributed by atoms with E-state index in [1.165, 1.54) is 11.8 Å². The third-order valence-electron chi connectivity index (χ3n) is 3.82. The zero-order chi connectivity index (χ0) is 18.5. The van der Waals surface area contributed by atoms with Gasteiger partial charge in [-0.2, -0.15) is 10.2 Å². The zero-order valence-corrected chi connectivity index (χ0v) is 15.0. The SMILES string of the molecule is O=C1N/C(=N\N=C\c2ccccc2)S/C1=C\c1cn[nH]c1-c1ccccc1. The summed E-state index contributed by atoms with van der Waals surface area (Å²) in [4.78, 5) is 12.8. The Labute approximate surface area is 160 Å². The van der Waals surface area contributed by atoms with Gasteiger partial charge in [-0.1, -0.05) is 60.7 Å². The Balaban J connectivity index is 1.53. The number of amides is 1. The average molecular weight is 373 g/mol. The Kier molecular flexibility index (Phi) is 4.93. The normalized spacial score (nSPS) is 17.1. The third-order valence-corrected chi connectivity index (χ3v) is 4.72. The number of thioether (sulfide) groups is 1. The minimum absolute atomic E-state index is 0.200. The van der Waals surface area contributed by atoms with Crippen LogP contribution in [0.25, 0.3) is 17.3 Å². The van der Waals surface area contributed by atoms with Gasteiger partial charge in [-0.3, -0.25) is 15.2 Å². The predicted octanol–water partition coefficient (Wildman–Crippen LogP) is 3.67. The van der Waals surface area contributed by atoms with E-state index < -0.39 is 0 Å². The van der Waals surface area contributed by atoms with Crippen molar-refractivity contribution in [3.8, 4) is 11.3 Å². The Hall–Kier alpha value is -3.45. The fourth-order valence-electron chi connectivity index (χ4n) is 2.54. The van der Waals surface area contributed by atoms with Crippen LogP contribution in [0.1, 0.15) is 11.1 Å². The number of carbonyl (C=O) groups is 1. The Morgan fingerprint density at radius 2 is 1.74 bits per heavy atom. The predicted molar refractivity (Wildman–Crippen MR) is 109 cm³/mol. The monoisotopic (exact) mass is 373 g/mol. The van der Waals surface area contributed by atoms with Gasteiger partial charge < -0.3 is 0 Å². The number of nitrogens with zero attached hydrogens (tertiary/aromatic N) is 3. The first-order chi connectivity index (χ1) is 13.3. The average Bonchev–Trinajstić information content (AvgIpc) is 3.30. The number of amidine groups is 1. The molecule has 0 saturated carbocycles. The molecule has 1 fully saturated rings. The van der Waals surface area contributed by atoms with Crippen LogP contribution < -0.4 is 5.32 Å². The summed E-state index contributed by atoms with van der Waals surface area (Å²) in [5.74, 6) is -0.200. The Morgan fingerprint density at radius 1 is 1.00 bits per heavy atom. The van der Waals surface area contributed by atoms with E-state index in [-0.39, 0.29) is 5.91 Å². The molecule has 6 nitrogen and oxygen atoms in total. The second-order valence-electron chi connectivity index (χ2n) is 5.69. The van der Waals surface area contributed by atoms with Crippen molar-refractivity contribution in [1.29, 1.82) is 0 Å². The molecule has 2 heterocycles. The minimum Gasteiger partial charge on any atom is -0.299 e. The molecule has 4 rings (SSSR count). The second-order valence-corrected chi connectivity index (χ2v) is 6.72. The van der Waals surface area contributed by atoms with Gasteiger partial charge in [0, 0.05) is 11.1 Å². The summed E-state index contributed by atoms with van der Waals surface area (Å²) in [6, 6.07) is 19.5. The first-order valence-electron chi connectivity index (χ1n) is 8.25. The molecule has 0 aliphatic carbocycles. The molecule has 3 aromatic rings. The molecular weight excluding hydrogens is 358 g/mol. The standard InChI is InChI=1S/C20H15N5OS/c26-19-17(11-16-13-22-24-18(16)15-9-5-2-6-10-15)27-20(23-19)25-21-12-14-7-3-1-4-8-14/h1-13H,(H,22,24)(H,23,25,26)/b17-11-,21-12+. The summed E-state index contributed by atoms with van der Waals surface area (Å²) in [7, 11) is 0. The van der Waals surface area contributed by atoms with Crippen molar-refractivity contribution in [3.63, 3.8) is 0 Å². The lowest BCUT2D eigenvalue weighted by Gasteiger charge is -1.99. The molecule has 1 aliphatic rings. The number of hydrogen-bond donors (Lipinski definition) is 2. The van der Waals surface area contributed by atoms with Crippen molar-refractivity contribution in [2.24, 2.45) is 10.2 Å². The number of H-pyrrole nitrogens is 1. The molecule has 1 aliphatic heterocycles. The molecule has 2 aromatic carbocycles. The van der Waals surface area contributed by atoms with Gasteiger partial charge in [0.05, 0.1) is 23.0 Å². The molecular formula is C20H15N5OS. The number of nitrogens with one attached hydrogen (secondary N) is 2. The van der Waals surface area contributed by atoms with E-state index in [2.05, 4.69) is 25.7 Å². The van der Waals surface area contributed by atoms with Gasteiger partial charge in [-0.25, -0.2) is 0 Å². The van der Waals surface area contributed by atoms with E-state index in [0.29, 0.717) is 10.1 Å². The van der Waals surface area contributed by atoms with E-state index in [9.17, 15) is 4.79 Å². The van der Waals surface area contributed by atoms with E-state index in [1.807, 2.05) is 60.7 Å². The molecule has 0 atom stereocenters. The summed E-state index contributed by atoms with van der Waals surface area (Å²) < 4.78 is 0. The molecule has 0 spiro atoms. The molecule has 27 heavy (non-hydrogen) atoms. The Morgan fingerprint density at radius 3 is 2.52 bits per heavy atom. The lowest BCUT2D eigenvalue weighted by Crippen LogP contribution is -2.19. The molecule has 132 valence electrons. The molecule has 0 radical (unpaired) electrons. The van der Waals surface area contributed by atoms with Crippen LogP contribution in [0.5, 0.6) is 0 Å². The summed E-state index contributed by atoms with van der Waals surface area (Å²) in [6.45, 7) is 0. The topological polar surface area (TPSA) is 82.5 Å². The highest BCUT2D eigenvalue weighted by Gasteiger charge is 2.24. The van der Waals surface area contributed by atoms with Crippen molar-refractivity contribution in [1.82, 2.24) is 15.5 Å². The zero-order valence-electron chi connectivity index (χ0n) is 14.2. The van der Waals surface area contributed by atoms with Crippen LogP contribution in [0.4, 0.5) is 0 Å². The highest BCUT2D eigenvalue weighted by molar-refractivity contribution is 8.18. The van der Waals surface area contributed by atoms with Gasteiger partial charge in [0.25, 0.3) is 5.91 Å². The molecule has 1 amide bonds. The van der Waals surface area contributed by atoms with Crippen LogP contribution in [0, 0.1) is 0 Å². The van der Waals surface area contributed by atoms with E-state index in [4.69, 9.17) is 0 Å². The largest absolute Gasteiger partial charge is 0.299 e. The van der Waals surface area contributed by atoms with Gasteiger partial charge in [-0.15, -0.1) is 5.10 Å². The second kappa shape index (κ2) is 7.84. The van der Waals surface area contributed by atoms with Crippen LogP contribution in [0.15, 0.2) is 82.0 Å². The molecule has 1 aromatic heterocycles. The van der Waals surface area contributed by atoms with Crippen LogP contribution in [-0.4, -0.2) is 27.5 Å². The fourth-order valence-corrected chi connectivity index (χ4v) is 3.31. The smallest absolute Gasteiger partial charge is 0.264 e. The molecule has 0 unspecified atom stereocenters. The maximum atomic E-state index is 12.2. The van der Waals surface area contributed by atoms with Crippen molar-refractivity contribution >= 4 is 35.1 Å². The van der Waals surface area contributed by atoms with Crippen molar-refractivity contribution < 1.29 is 4.79 Å². The van der Waals surface area contributed by atoms with E-state index >= 15 is 0 Å². The van der Waals surface area contributed by atoms with Gasteiger partial charge in [-0.05, 0) is 23.4 Å². The lowest BCUT2D eigenvalue weighted by molar-refractivity contribution is -0.115. The molecule has 1 saturated heterocycles. The number of aromatic nitrogens is 2. The van der Waals surface area contributed by atoms with Gasteiger partial charge in [0.1, 0.15) is 0 Å². The van der Waals surface area contributed by atoms with E-state index in [1.54, 1.807) is 18.5 Å². The molecule has 7 heteroatoms. The minimum atomic E-state index is -0.200. The molecule has 2 N–H and O–H groups in total. The van der Waals surface area contributed by atoms with Crippen LogP contribution in [0.2, 0.25) is 0 Å². The lowest BCUT2D eigenvalue weighted by atomic mass is 10.1. The number of benzene rings is 2. The number of hydrogen-bond acceptors (Lipinski definition) is 5. The van der Waals surface area contributed by atoms with Crippen molar-refractivity contribution in [2.45, 2.75) is 0 Å². The van der Waals surface area contributed by atoms with Crippen molar-refractivity contribution in [2.75, 3.05) is 0 Å². The maximum Gasteiger partial charge on any atom is 0.264 e. The first kappa shape index (κ1) is 17.0. The third kappa shape index (κ3) is 4.04. The van der Waals surface area contributed by atoms with Crippen LogP contribution in [-0.2, 0) is 4.79 Å². The van der Waals surface area contributed by atoms with Gasteiger partial charge in [0.15, 0.2) is 5.17 Å². The summed E-state index contributed by atoms with van der Waals surface area (Å²) in [6.07, 6.45) is 5.14. The quantitative estimate of drug-likeness (QED) is 0.416. The fraction of sp³-hybridized carbons (Fsp3) is 0. The highest BCUT2D eigenvalue weighted by Crippen LogP contribution is 2.29. The Bertz CT molecular complexity index is 1040. The number of carbonyl (C=O) groups excluding carboxylic acids is 1. The van der Waals surface area contributed by atoms with Gasteiger partial charge >= 0.3 is 0 Å². The van der Waals surface area contributed by atoms with Gasteiger partial charge in [0.2, 0.25) is 0 Å². The van der Waals surface area contributed by atoms with E-state index in [0.717, 1.165) is 22.4 Å². The maximum absolute atomic E-state index is 12.2. The van der Waals surface area contributed by atoms with Crippen molar-refractivity contribution in [3.05, 3.63) is 82.9 Å². The van der Waals surface area contributed by atoms with Crippen LogP contribution >= 0.6 is 11.8 Å². The van der Waals surface area contributed by atoms with Crippen LogP contribution in [0.3, 0.4) is 0 Å². The summed E-state index contributed by atoms with van der Waals surface area (Å²) in [5, 5.41) is 18.4.